The van der Waals surface area contributed by atoms with Crippen LogP contribution in [0.4, 0.5) is 17.5 Å². The zero-order valence-electron chi connectivity index (χ0n) is 22.2. The zero-order chi connectivity index (χ0) is 27.9. The lowest BCUT2D eigenvalue weighted by atomic mass is 9.98. The maximum atomic E-state index is 12.6. The lowest BCUT2D eigenvalue weighted by Crippen LogP contribution is -2.52. The van der Waals surface area contributed by atoms with Crippen molar-refractivity contribution >= 4 is 34.9 Å². The Kier molecular flexibility index (Phi) is 8.50. The fraction of sp³-hybridized carbons (Fsp3) is 0.370. The fourth-order valence-electron chi connectivity index (χ4n) is 4.34. The molecule has 0 aliphatic carbocycles. The second kappa shape index (κ2) is 12.2. The number of hydrogen-bond donors (Lipinski definition) is 3. The molecule has 0 bridgehead atoms. The number of nitrogens with one attached hydrogen (secondary N) is 2. The number of allylic oxidation sites excluding steroid dienone is 1. The lowest BCUT2D eigenvalue weighted by molar-refractivity contribution is -0.132. The molecule has 39 heavy (non-hydrogen) atoms. The summed E-state index contributed by atoms with van der Waals surface area (Å²) in [7, 11) is 3.09. The van der Waals surface area contributed by atoms with Crippen molar-refractivity contribution in [3.63, 3.8) is 0 Å². The molecule has 3 heterocycles. The monoisotopic (exact) mass is 532 g/mol. The van der Waals surface area contributed by atoms with E-state index in [-0.39, 0.29) is 28.8 Å². The van der Waals surface area contributed by atoms with Gasteiger partial charge in [-0.25, -0.2) is 4.98 Å². The smallest absolute Gasteiger partial charge is 0.264 e. The fourth-order valence-corrected chi connectivity index (χ4v) is 4.34. The molecule has 1 fully saturated rings. The molecular formula is C27H32N8O4. The summed E-state index contributed by atoms with van der Waals surface area (Å²) in [5.74, 6) is 1.04. The van der Waals surface area contributed by atoms with Crippen LogP contribution in [0.3, 0.4) is 0 Å². The number of carbonyl (C=O) groups is 2. The van der Waals surface area contributed by atoms with Crippen LogP contribution < -0.4 is 25.8 Å². The number of imidazole rings is 1. The van der Waals surface area contributed by atoms with Gasteiger partial charge in [-0.05, 0) is 6.42 Å². The number of rotatable bonds is 12. The van der Waals surface area contributed by atoms with Crippen LogP contribution in [0, 0.1) is 17.2 Å². The average molecular weight is 533 g/mol. The Morgan fingerprint density at radius 3 is 2.56 bits per heavy atom. The minimum atomic E-state index is -0.684. The molecule has 12 heteroatoms. The molecule has 0 spiro atoms. The molecule has 0 unspecified atom stereocenters. The minimum absolute atomic E-state index is 0.131. The van der Waals surface area contributed by atoms with Crippen LogP contribution in [0.15, 0.2) is 42.2 Å². The van der Waals surface area contributed by atoms with E-state index in [1.165, 1.54) is 0 Å². The van der Waals surface area contributed by atoms with Gasteiger partial charge in [0.2, 0.25) is 5.95 Å². The van der Waals surface area contributed by atoms with E-state index in [1.54, 1.807) is 60.2 Å². The normalized spacial score (nSPS) is 13.5. The maximum Gasteiger partial charge on any atom is 0.264 e. The molecule has 4 rings (SSSR count). The molecule has 0 radical (unpaired) electrons. The van der Waals surface area contributed by atoms with Gasteiger partial charge in [0.1, 0.15) is 28.7 Å². The van der Waals surface area contributed by atoms with Crippen molar-refractivity contribution in [2.45, 2.75) is 26.2 Å². The number of unbranched alkanes of at least 4 members (excludes halogenated alkanes) is 2. The van der Waals surface area contributed by atoms with E-state index in [0.29, 0.717) is 48.4 Å². The predicted molar refractivity (Wildman–Crippen MR) is 146 cm³/mol. The van der Waals surface area contributed by atoms with Crippen molar-refractivity contribution in [2.24, 2.45) is 11.7 Å². The van der Waals surface area contributed by atoms with Crippen molar-refractivity contribution in [3.05, 3.63) is 47.8 Å². The number of anilines is 3. The van der Waals surface area contributed by atoms with Crippen LogP contribution >= 0.6 is 0 Å². The van der Waals surface area contributed by atoms with Gasteiger partial charge in [-0.1, -0.05) is 25.8 Å². The van der Waals surface area contributed by atoms with Crippen LogP contribution in [0.1, 0.15) is 36.5 Å². The molecule has 204 valence electrons. The third-order valence-electron chi connectivity index (χ3n) is 6.46. The lowest BCUT2D eigenvalue weighted by Gasteiger charge is -2.39. The van der Waals surface area contributed by atoms with E-state index in [1.807, 2.05) is 6.07 Å². The number of amides is 2. The van der Waals surface area contributed by atoms with Crippen LogP contribution in [0.5, 0.6) is 11.5 Å². The van der Waals surface area contributed by atoms with Crippen LogP contribution in [0.25, 0.3) is 5.65 Å². The Morgan fingerprint density at radius 1 is 1.23 bits per heavy atom. The molecule has 0 atom stereocenters. The molecule has 0 saturated carbocycles. The molecule has 12 nitrogen and oxygen atoms in total. The Morgan fingerprint density at radius 2 is 1.95 bits per heavy atom. The molecule has 4 N–H and O–H groups in total. The summed E-state index contributed by atoms with van der Waals surface area (Å²) in [5, 5.41) is 15.8. The van der Waals surface area contributed by atoms with Gasteiger partial charge >= 0.3 is 0 Å². The first-order chi connectivity index (χ1) is 18.9. The van der Waals surface area contributed by atoms with E-state index in [2.05, 4.69) is 27.5 Å². The molecule has 1 aromatic carbocycles. The highest BCUT2D eigenvalue weighted by Crippen LogP contribution is 2.30. The second-order valence-corrected chi connectivity index (χ2v) is 9.20. The minimum Gasteiger partial charge on any atom is -0.497 e. The number of nitrogens with zero attached hydrogens (tertiary/aromatic N) is 5. The summed E-state index contributed by atoms with van der Waals surface area (Å²) in [6.07, 6.45) is 7.64. The van der Waals surface area contributed by atoms with Gasteiger partial charge in [0.05, 0.1) is 14.2 Å². The molecule has 1 aliphatic heterocycles. The number of ether oxygens (including phenoxy) is 2. The first-order valence-corrected chi connectivity index (χ1v) is 12.7. The molecule has 1 saturated heterocycles. The Bertz CT molecular complexity index is 1410. The first-order valence-electron chi connectivity index (χ1n) is 12.7. The van der Waals surface area contributed by atoms with Gasteiger partial charge in [-0.15, -0.1) is 0 Å². The number of methoxy groups -OCH3 is 2. The summed E-state index contributed by atoms with van der Waals surface area (Å²) >= 11 is 0. The number of nitriles is 1. The topological polar surface area (TPSA) is 160 Å². The standard InChI is InChI=1S/C27H32N8O4/c1-4-5-6-7-18(13-28)26(37)34-15-17(16-34)14-31-27-33-24(22(23(29)36)25-30-8-9-35(25)27)32-19-10-20(38-2)12-21(11-19)39-3/h7-12,17,32H,4-6,14-16H2,1-3H3,(H2,29,36)(H,31,33)/b18-7-. The Hall–Kier alpha value is -4.79. The van der Waals surface area contributed by atoms with E-state index in [0.717, 1.165) is 19.3 Å². The summed E-state index contributed by atoms with van der Waals surface area (Å²) < 4.78 is 12.3. The van der Waals surface area contributed by atoms with Crippen molar-refractivity contribution in [1.82, 2.24) is 19.3 Å². The summed E-state index contributed by atoms with van der Waals surface area (Å²) in [4.78, 5) is 35.7. The van der Waals surface area contributed by atoms with Crippen LogP contribution in [0.2, 0.25) is 0 Å². The number of aromatic nitrogens is 3. The summed E-state index contributed by atoms with van der Waals surface area (Å²) in [6, 6.07) is 7.24. The van der Waals surface area contributed by atoms with Gasteiger partial charge < -0.3 is 30.7 Å². The van der Waals surface area contributed by atoms with E-state index in [4.69, 9.17) is 15.2 Å². The number of hydrogen-bond acceptors (Lipinski definition) is 9. The van der Waals surface area contributed by atoms with Crippen molar-refractivity contribution in [2.75, 3.05) is 44.5 Å². The Labute approximate surface area is 226 Å². The van der Waals surface area contributed by atoms with E-state index >= 15 is 0 Å². The number of likely N-dealkylation sites (tertiary alicyclic amines) is 1. The average Bonchev–Trinajstić information content (AvgIpc) is 3.39. The van der Waals surface area contributed by atoms with Crippen molar-refractivity contribution in [1.29, 1.82) is 5.26 Å². The van der Waals surface area contributed by atoms with Gasteiger partial charge in [0.25, 0.3) is 11.8 Å². The molecule has 2 amide bonds. The molecular weight excluding hydrogens is 500 g/mol. The van der Waals surface area contributed by atoms with Gasteiger partial charge in [-0.2, -0.15) is 10.2 Å². The number of carbonyl (C=O) groups excluding carboxylic acids is 2. The van der Waals surface area contributed by atoms with Crippen LogP contribution in [-0.4, -0.2) is 64.9 Å². The van der Waals surface area contributed by atoms with E-state index < -0.39 is 5.91 Å². The quantitative estimate of drug-likeness (QED) is 0.181. The Balaban J connectivity index is 1.51. The summed E-state index contributed by atoms with van der Waals surface area (Å²) in [6.45, 7) is 3.64. The molecule has 1 aliphatic rings. The van der Waals surface area contributed by atoms with E-state index in [9.17, 15) is 14.9 Å². The largest absolute Gasteiger partial charge is 0.497 e. The predicted octanol–water partition coefficient (Wildman–Crippen LogP) is 3.10. The number of nitrogens with two attached hydrogens (primary N) is 1. The second-order valence-electron chi connectivity index (χ2n) is 9.20. The maximum absolute atomic E-state index is 12.6. The molecule has 3 aromatic rings. The molecule has 2 aromatic heterocycles. The van der Waals surface area contributed by atoms with Crippen molar-refractivity contribution in [3.8, 4) is 17.6 Å². The van der Waals surface area contributed by atoms with Crippen LogP contribution in [-0.2, 0) is 4.79 Å². The number of fused-ring (bicyclic) bond motifs is 1. The first kappa shape index (κ1) is 27.3. The third-order valence-corrected chi connectivity index (χ3v) is 6.46. The summed E-state index contributed by atoms with van der Waals surface area (Å²) in [5.41, 5.74) is 6.97. The van der Waals surface area contributed by atoms with Crippen molar-refractivity contribution < 1.29 is 19.1 Å². The zero-order valence-corrected chi connectivity index (χ0v) is 22.2. The number of primary amides is 1. The third kappa shape index (κ3) is 6.04. The SMILES string of the molecule is CCCC/C=C(/C#N)C(=O)N1CC(CNc2nc(Nc3cc(OC)cc(OC)c3)c(C(N)=O)c3nccn23)C1. The van der Waals surface area contributed by atoms with Gasteiger partial charge in [0.15, 0.2) is 11.5 Å². The highest BCUT2D eigenvalue weighted by molar-refractivity contribution is 6.04. The number of benzene rings is 1. The highest BCUT2D eigenvalue weighted by atomic mass is 16.5. The highest BCUT2D eigenvalue weighted by Gasteiger charge is 2.32. The van der Waals surface area contributed by atoms with Gasteiger partial charge in [-0.3, -0.25) is 14.0 Å². The van der Waals surface area contributed by atoms with Gasteiger partial charge in [0, 0.05) is 61.8 Å².